The van der Waals surface area contributed by atoms with Crippen molar-refractivity contribution in [2.45, 2.75) is 19.3 Å². The van der Waals surface area contributed by atoms with E-state index in [1.165, 1.54) is 0 Å². The normalized spacial score (nSPS) is 12.7. The second kappa shape index (κ2) is 10.4. The largest absolute Gasteiger partial charge is 0.478 e. The first kappa shape index (κ1) is 24.4. The lowest BCUT2D eigenvalue weighted by Gasteiger charge is -2.18. The summed E-state index contributed by atoms with van der Waals surface area (Å²) in [6, 6.07) is 25.5. The fourth-order valence-corrected chi connectivity index (χ4v) is 4.65. The predicted molar refractivity (Wildman–Crippen MR) is 143 cm³/mol. The Hall–Kier alpha value is -4.29. The second-order valence-corrected chi connectivity index (χ2v) is 9.33. The number of rotatable bonds is 7. The second-order valence-electron chi connectivity index (χ2n) is 8.90. The maximum Gasteiger partial charge on any atom is 0.335 e. The highest BCUT2D eigenvalue weighted by Crippen LogP contribution is 2.36. The molecule has 6 nitrogen and oxygen atoms in total. The molecule has 186 valence electrons. The van der Waals surface area contributed by atoms with E-state index in [1.54, 1.807) is 30.3 Å². The van der Waals surface area contributed by atoms with Gasteiger partial charge in [-0.1, -0.05) is 48.0 Å². The van der Waals surface area contributed by atoms with Gasteiger partial charge in [0.2, 0.25) is 12.7 Å². The average Bonchev–Trinajstić information content (AvgIpc) is 3.36. The summed E-state index contributed by atoms with van der Waals surface area (Å²) in [4.78, 5) is 24.8. The molecule has 0 fully saturated rings. The summed E-state index contributed by atoms with van der Waals surface area (Å²) in [6.07, 6.45) is 0.382. The molecule has 0 unspecified atom stereocenters. The molecule has 7 heteroatoms. The Kier molecular flexibility index (Phi) is 6.84. The molecular formula is C30H24ClNO5. The third-order valence-electron chi connectivity index (χ3n) is 6.41. The fraction of sp³-hybridized carbons (Fsp3) is 0.133. The van der Waals surface area contributed by atoms with Gasteiger partial charge in [0.15, 0.2) is 11.5 Å². The van der Waals surface area contributed by atoms with Crippen molar-refractivity contribution in [1.29, 1.82) is 0 Å². The van der Waals surface area contributed by atoms with E-state index < -0.39 is 11.9 Å². The number of hydrogen-bond donors (Lipinski definition) is 2. The number of carbonyl (C=O) groups is 2. The average molecular weight is 514 g/mol. The minimum Gasteiger partial charge on any atom is -0.478 e. The molecule has 0 aromatic heterocycles. The third-order valence-corrected chi connectivity index (χ3v) is 6.64. The van der Waals surface area contributed by atoms with Crippen LogP contribution in [-0.4, -0.2) is 23.8 Å². The molecule has 37 heavy (non-hydrogen) atoms. The van der Waals surface area contributed by atoms with Crippen LogP contribution in [-0.2, 0) is 11.2 Å². The molecule has 0 aliphatic carbocycles. The van der Waals surface area contributed by atoms with Crippen molar-refractivity contribution in [3.8, 4) is 22.6 Å². The molecule has 0 radical (unpaired) electrons. The van der Waals surface area contributed by atoms with E-state index >= 15 is 0 Å². The molecule has 0 saturated carbocycles. The van der Waals surface area contributed by atoms with E-state index in [1.807, 2.05) is 61.5 Å². The zero-order valence-corrected chi connectivity index (χ0v) is 20.8. The Balaban J connectivity index is 1.39. The maximum atomic E-state index is 13.5. The van der Waals surface area contributed by atoms with Crippen LogP contribution in [0.4, 0.5) is 5.69 Å². The van der Waals surface area contributed by atoms with Gasteiger partial charge in [0.25, 0.3) is 0 Å². The molecular weight excluding hydrogens is 490 g/mol. The van der Waals surface area contributed by atoms with Gasteiger partial charge in [0.1, 0.15) is 0 Å². The van der Waals surface area contributed by atoms with Gasteiger partial charge in [-0.25, -0.2) is 4.79 Å². The number of carbonyl (C=O) groups excluding carboxylic acids is 1. The number of nitrogens with one attached hydrogen (secondary N) is 1. The lowest BCUT2D eigenvalue weighted by atomic mass is 9.90. The van der Waals surface area contributed by atoms with Crippen LogP contribution in [0.2, 0.25) is 5.02 Å². The number of hydrogen-bond acceptors (Lipinski definition) is 4. The first-order valence-corrected chi connectivity index (χ1v) is 12.1. The molecule has 1 atom stereocenters. The minimum atomic E-state index is -0.992. The highest BCUT2D eigenvalue weighted by Gasteiger charge is 2.24. The molecule has 1 aliphatic rings. The minimum absolute atomic E-state index is 0.145. The number of fused-ring (bicyclic) bond motifs is 1. The molecule has 4 aromatic rings. The van der Waals surface area contributed by atoms with E-state index in [2.05, 4.69) is 5.32 Å². The molecule has 0 saturated heterocycles. The van der Waals surface area contributed by atoms with Crippen molar-refractivity contribution in [1.82, 2.24) is 0 Å². The number of ether oxygens (including phenoxy) is 2. The summed E-state index contributed by atoms with van der Waals surface area (Å²) in [6.45, 7) is 2.15. The first-order valence-electron chi connectivity index (χ1n) is 11.8. The van der Waals surface area contributed by atoms with Crippen LogP contribution in [0.25, 0.3) is 11.1 Å². The van der Waals surface area contributed by atoms with Crippen molar-refractivity contribution in [3.05, 3.63) is 112 Å². The Morgan fingerprint density at radius 1 is 0.919 bits per heavy atom. The van der Waals surface area contributed by atoms with Gasteiger partial charge in [0.05, 0.1) is 11.5 Å². The number of anilines is 1. The van der Waals surface area contributed by atoms with Crippen molar-refractivity contribution in [2.24, 2.45) is 0 Å². The highest BCUT2D eigenvalue weighted by atomic mass is 35.5. The summed E-state index contributed by atoms with van der Waals surface area (Å²) >= 11 is 6.09. The number of carboxylic acid groups (broad SMARTS) is 1. The monoisotopic (exact) mass is 513 g/mol. The van der Waals surface area contributed by atoms with Crippen LogP contribution in [0, 0.1) is 6.92 Å². The zero-order chi connectivity index (χ0) is 25.9. The lowest BCUT2D eigenvalue weighted by molar-refractivity contribution is -0.117. The lowest BCUT2D eigenvalue weighted by Crippen LogP contribution is -2.23. The van der Waals surface area contributed by atoms with E-state index in [9.17, 15) is 14.7 Å². The third kappa shape index (κ3) is 5.44. The van der Waals surface area contributed by atoms with Crippen molar-refractivity contribution >= 4 is 29.2 Å². The molecule has 2 N–H and O–H groups in total. The number of amides is 1. The summed E-state index contributed by atoms with van der Waals surface area (Å²) in [7, 11) is 0. The van der Waals surface area contributed by atoms with Crippen LogP contribution < -0.4 is 14.8 Å². The number of aromatic carboxylic acids is 1. The van der Waals surface area contributed by atoms with Gasteiger partial charge in [-0.3, -0.25) is 4.79 Å². The standard InChI is InChI=1S/C30H24ClNO5/c1-18-14-23(31)9-12-25(18)20-6-10-24(11-7-20)32-29(33)26(15-19-2-4-21(5-3-19)30(34)35)22-8-13-27-28(16-22)37-17-36-27/h2-14,16,26H,15,17H2,1H3,(H,32,33)(H,34,35)/t26-/m1/s1. The zero-order valence-electron chi connectivity index (χ0n) is 20.0. The summed E-state index contributed by atoms with van der Waals surface area (Å²) in [5, 5.41) is 12.9. The van der Waals surface area contributed by atoms with Crippen LogP contribution in [0.3, 0.4) is 0 Å². The van der Waals surface area contributed by atoms with Crippen molar-refractivity contribution < 1.29 is 24.2 Å². The summed E-state index contributed by atoms with van der Waals surface area (Å²) in [5.74, 6) is -0.477. The number of halogens is 1. The first-order chi connectivity index (χ1) is 17.9. The predicted octanol–water partition coefficient (Wildman–Crippen LogP) is 6.71. The topological polar surface area (TPSA) is 84.9 Å². The van der Waals surface area contributed by atoms with Crippen LogP contribution in [0.1, 0.15) is 33.0 Å². The quantitative estimate of drug-likeness (QED) is 0.287. The van der Waals surface area contributed by atoms with Gasteiger partial charge >= 0.3 is 5.97 Å². The number of benzene rings is 4. The smallest absolute Gasteiger partial charge is 0.335 e. The van der Waals surface area contributed by atoms with Crippen molar-refractivity contribution in [3.63, 3.8) is 0 Å². The van der Waals surface area contributed by atoms with Crippen LogP contribution >= 0.6 is 11.6 Å². The number of carboxylic acids is 1. The van der Waals surface area contributed by atoms with Crippen LogP contribution in [0.5, 0.6) is 11.5 Å². The fourth-order valence-electron chi connectivity index (χ4n) is 4.42. The number of aryl methyl sites for hydroxylation is 1. The Morgan fingerprint density at radius 3 is 2.35 bits per heavy atom. The van der Waals surface area contributed by atoms with Gasteiger partial charge in [-0.2, -0.15) is 0 Å². The van der Waals surface area contributed by atoms with Gasteiger partial charge in [-0.05, 0) is 89.7 Å². The van der Waals surface area contributed by atoms with E-state index in [0.29, 0.717) is 28.6 Å². The van der Waals surface area contributed by atoms with Gasteiger partial charge in [0, 0.05) is 10.7 Å². The molecule has 1 aliphatic heterocycles. The molecule has 5 rings (SSSR count). The van der Waals surface area contributed by atoms with Gasteiger partial charge < -0.3 is 19.9 Å². The highest BCUT2D eigenvalue weighted by molar-refractivity contribution is 6.30. The molecule has 0 spiro atoms. The Bertz CT molecular complexity index is 1460. The van der Waals surface area contributed by atoms with Gasteiger partial charge in [-0.15, -0.1) is 0 Å². The van der Waals surface area contributed by atoms with E-state index in [0.717, 1.165) is 27.8 Å². The molecule has 1 amide bonds. The molecule has 0 bridgehead atoms. The maximum absolute atomic E-state index is 13.5. The van der Waals surface area contributed by atoms with E-state index in [4.69, 9.17) is 21.1 Å². The van der Waals surface area contributed by atoms with Crippen LogP contribution in [0.15, 0.2) is 84.9 Å². The Labute approximate surface area is 219 Å². The van der Waals surface area contributed by atoms with E-state index in [-0.39, 0.29) is 18.3 Å². The van der Waals surface area contributed by atoms with Crippen molar-refractivity contribution in [2.75, 3.05) is 12.1 Å². The summed E-state index contributed by atoms with van der Waals surface area (Å²) in [5.41, 5.74) is 5.66. The Morgan fingerprint density at radius 2 is 1.65 bits per heavy atom. The SMILES string of the molecule is Cc1cc(Cl)ccc1-c1ccc(NC(=O)[C@H](Cc2ccc(C(=O)O)cc2)c2ccc3c(c2)OCO3)cc1. The summed E-state index contributed by atoms with van der Waals surface area (Å²) < 4.78 is 10.9. The molecule has 4 aromatic carbocycles. The molecule has 1 heterocycles.